The minimum atomic E-state index is -0.285. The molecule has 1 aliphatic rings. The summed E-state index contributed by atoms with van der Waals surface area (Å²) < 4.78 is 6.53. The molecule has 1 amide bonds. The minimum Gasteiger partial charge on any atom is -0.447 e. The molecule has 0 radical (unpaired) electrons. The van der Waals surface area contributed by atoms with Crippen molar-refractivity contribution in [2.45, 2.75) is 6.92 Å². The Kier molecular flexibility index (Phi) is 1.72. The standard InChI is InChI=1S/C8H11N3O2/c1-6-5-9-10(2)7(6)11-3-4-13-8(11)12/h5H,3-4H2,1-2H3. The molecular weight excluding hydrogens is 170 g/mol. The van der Waals surface area contributed by atoms with E-state index in [1.165, 1.54) is 0 Å². The van der Waals surface area contributed by atoms with Gasteiger partial charge in [-0.25, -0.2) is 4.79 Å². The Morgan fingerprint density at radius 2 is 2.38 bits per heavy atom. The van der Waals surface area contributed by atoms with Crippen LogP contribution in [-0.2, 0) is 11.8 Å². The zero-order chi connectivity index (χ0) is 9.42. The molecule has 5 heteroatoms. The van der Waals surface area contributed by atoms with E-state index in [0.717, 1.165) is 11.4 Å². The molecule has 1 aromatic heterocycles. The second-order valence-electron chi connectivity index (χ2n) is 3.04. The second kappa shape index (κ2) is 2.76. The van der Waals surface area contributed by atoms with Crippen molar-refractivity contribution < 1.29 is 9.53 Å². The molecule has 0 saturated carbocycles. The fourth-order valence-electron chi connectivity index (χ4n) is 1.51. The van der Waals surface area contributed by atoms with E-state index in [2.05, 4.69) is 5.10 Å². The number of cyclic esters (lactones) is 1. The van der Waals surface area contributed by atoms with E-state index in [-0.39, 0.29) is 6.09 Å². The second-order valence-corrected chi connectivity index (χ2v) is 3.04. The van der Waals surface area contributed by atoms with Crippen LogP contribution in [0.1, 0.15) is 5.56 Å². The molecule has 0 N–H and O–H groups in total. The van der Waals surface area contributed by atoms with Gasteiger partial charge in [0.05, 0.1) is 12.7 Å². The molecule has 0 bridgehead atoms. The quantitative estimate of drug-likeness (QED) is 0.640. The third kappa shape index (κ3) is 1.16. The summed E-state index contributed by atoms with van der Waals surface area (Å²) in [7, 11) is 1.81. The van der Waals surface area contributed by atoms with Gasteiger partial charge in [0.1, 0.15) is 12.4 Å². The van der Waals surface area contributed by atoms with Gasteiger partial charge in [0.15, 0.2) is 0 Å². The Hall–Kier alpha value is -1.52. The first-order valence-corrected chi connectivity index (χ1v) is 4.13. The van der Waals surface area contributed by atoms with Crippen molar-refractivity contribution in [1.82, 2.24) is 9.78 Å². The molecule has 0 aliphatic carbocycles. The SMILES string of the molecule is Cc1cnn(C)c1N1CCOC1=O. The number of anilines is 1. The van der Waals surface area contributed by atoms with Crippen LogP contribution >= 0.6 is 0 Å². The van der Waals surface area contributed by atoms with Crippen molar-refractivity contribution in [2.75, 3.05) is 18.1 Å². The molecule has 2 rings (SSSR count). The van der Waals surface area contributed by atoms with E-state index in [9.17, 15) is 4.79 Å². The molecule has 70 valence electrons. The molecule has 2 heterocycles. The summed E-state index contributed by atoms with van der Waals surface area (Å²) >= 11 is 0. The zero-order valence-electron chi connectivity index (χ0n) is 7.65. The molecular formula is C8H11N3O2. The zero-order valence-corrected chi connectivity index (χ0v) is 7.65. The highest BCUT2D eigenvalue weighted by Crippen LogP contribution is 2.21. The fourth-order valence-corrected chi connectivity index (χ4v) is 1.51. The molecule has 1 aromatic rings. The Morgan fingerprint density at radius 1 is 1.62 bits per heavy atom. The number of aryl methyl sites for hydroxylation is 2. The lowest BCUT2D eigenvalue weighted by Crippen LogP contribution is -2.26. The van der Waals surface area contributed by atoms with Crippen LogP contribution in [0.5, 0.6) is 0 Å². The number of amides is 1. The van der Waals surface area contributed by atoms with E-state index in [4.69, 9.17) is 4.74 Å². The number of carbonyl (C=O) groups excluding carboxylic acids is 1. The van der Waals surface area contributed by atoms with Crippen molar-refractivity contribution in [3.63, 3.8) is 0 Å². The van der Waals surface area contributed by atoms with Gasteiger partial charge < -0.3 is 4.74 Å². The van der Waals surface area contributed by atoms with Gasteiger partial charge in [-0.15, -0.1) is 0 Å². The van der Waals surface area contributed by atoms with Crippen molar-refractivity contribution in [2.24, 2.45) is 7.05 Å². The smallest absolute Gasteiger partial charge is 0.415 e. The van der Waals surface area contributed by atoms with E-state index in [1.54, 1.807) is 15.8 Å². The van der Waals surface area contributed by atoms with Crippen molar-refractivity contribution in [3.05, 3.63) is 11.8 Å². The number of aromatic nitrogens is 2. The maximum atomic E-state index is 11.2. The van der Waals surface area contributed by atoms with Crippen LogP contribution in [0.3, 0.4) is 0 Å². The van der Waals surface area contributed by atoms with Crippen LogP contribution in [-0.4, -0.2) is 29.0 Å². The summed E-state index contributed by atoms with van der Waals surface area (Å²) in [5.74, 6) is 0.822. The summed E-state index contributed by atoms with van der Waals surface area (Å²) in [6, 6.07) is 0. The normalized spacial score (nSPS) is 16.5. The Bertz CT molecular complexity index is 326. The van der Waals surface area contributed by atoms with Gasteiger partial charge in [-0.05, 0) is 6.92 Å². The van der Waals surface area contributed by atoms with Gasteiger partial charge in [-0.2, -0.15) is 5.10 Å². The highest BCUT2D eigenvalue weighted by Gasteiger charge is 2.27. The highest BCUT2D eigenvalue weighted by molar-refractivity contribution is 5.89. The van der Waals surface area contributed by atoms with Gasteiger partial charge in [-0.1, -0.05) is 0 Å². The summed E-state index contributed by atoms with van der Waals surface area (Å²) in [5.41, 5.74) is 0.987. The van der Waals surface area contributed by atoms with Gasteiger partial charge in [0, 0.05) is 12.6 Å². The summed E-state index contributed by atoms with van der Waals surface area (Å²) in [4.78, 5) is 12.8. The Labute approximate surface area is 75.9 Å². The van der Waals surface area contributed by atoms with Crippen LogP contribution < -0.4 is 4.90 Å². The molecule has 1 saturated heterocycles. The molecule has 0 unspecified atom stereocenters. The number of hydrogen-bond acceptors (Lipinski definition) is 3. The van der Waals surface area contributed by atoms with Crippen molar-refractivity contribution in [1.29, 1.82) is 0 Å². The third-order valence-electron chi connectivity index (χ3n) is 2.10. The first-order chi connectivity index (χ1) is 6.20. The van der Waals surface area contributed by atoms with E-state index in [0.29, 0.717) is 13.2 Å². The van der Waals surface area contributed by atoms with Crippen LogP contribution in [0.4, 0.5) is 10.6 Å². The average molecular weight is 181 g/mol. The monoisotopic (exact) mass is 181 g/mol. The predicted molar refractivity (Wildman–Crippen MR) is 46.6 cm³/mol. The maximum Gasteiger partial charge on any atom is 0.415 e. The third-order valence-corrected chi connectivity index (χ3v) is 2.10. The van der Waals surface area contributed by atoms with Crippen LogP contribution in [0, 0.1) is 6.92 Å². The Balaban J connectivity index is 2.39. The molecule has 0 atom stereocenters. The number of carbonyl (C=O) groups is 1. The van der Waals surface area contributed by atoms with Crippen LogP contribution in [0.15, 0.2) is 6.20 Å². The molecule has 5 nitrogen and oxygen atoms in total. The predicted octanol–water partition coefficient (Wildman–Crippen LogP) is 0.685. The number of rotatable bonds is 1. The topological polar surface area (TPSA) is 47.4 Å². The lowest BCUT2D eigenvalue weighted by molar-refractivity contribution is 0.181. The van der Waals surface area contributed by atoms with Gasteiger partial charge >= 0.3 is 6.09 Å². The van der Waals surface area contributed by atoms with Gasteiger partial charge in [-0.3, -0.25) is 9.58 Å². The number of ether oxygens (including phenoxy) is 1. The number of hydrogen-bond donors (Lipinski definition) is 0. The van der Waals surface area contributed by atoms with E-state index >= 15 is 0 Å². The lowest BCUT2D eigenvalue weighted by atomic mass is 10.3. The summed E-state index contributed by atoms with van der Waals surface area (Å²) in [5, 5.41) is 4.06. The highest BCUT2D eigenvalue weighted by atomic mass is 16.6. The first kappa shape index (κ1) is 8.10. The molecule has 1 aliphatic heterocycles. The van der Waals surface area contributed by atoms with Crippen LogP contribution in [0.2, 0.25) is 0 Å². The fraction of sp³-hybridized carbons (Fsp3) is 0.500. The largest absolute Gasteiger partial charge is 0.447 e. The van der Waals surface area contributed by atoms with Gasteiger partial charge in [0.2, 0.25) is 0 Å². The summed E-state index contributed by atoms with van der Waals surface area (Å²) in [6.45, 7) is 3.00. The minimum absolute atomic E-state index is 0.285. The first-order valence-electron chi connectivity index (χ1n) is 4.13. The van der Waals surface area contributed by atoms with E-state index in [1.807, 2.05) is 14.0 Å². The number of nitrogens with zero attached hydrogens (tertiary/aromatic N) is 3. The summed E-state index contributed by atoms with van der Waals surface area (Å²) in [6.07, 6.45) is 1.45. The maximum absolute atomic E-state index is 11.2. The van der Waals surface area contributed by atoms with Crippen molar-refractivity contribution >= 4 is 11.9 Å². The molecule has 13 heavy (non-hydrogen) atoms. The molecule has 0 spiro atoms. The molecule has 1 fully saturated rings. The average Bonchev–Trinajstić information content (AvgIpc) is 2.60. The lowest BCUT2D eigenvalue weighted by Gasteiger charge is -2.13. The Morgan fingerprint density at radius 3 is 2.85 bits per heavy atom. The van der Waals surface area contributed by atoms with Crippen molar-refractivity contribution in [3.8, 4) is 0 Å². The van der Waals surface area contributed by atoms with E-state index < -0.39 is 0 Å². The van der Waals surface area contributed by atoms with Gasteiger partial charge in [0.25, 0.3) is 0 Å². The van der Waals surface area contributed by atoms with Crippen LogP contribution in [0.25, 0.3) is 0 Å². The molecule has 0 aromatic carbocycles.